The van der Waals surface area contributed by atoms with Crippen LogP contribution in [0.5, 0.6) is 0 Å². The zero-order valence-corrected chi connectivity index (χ0v) is 15.7. The van der Waals surface area contributed by atoms with E-state index in [0.717, 1.165) is 5.56 Å². The summed E-state index contributed by atoms with van der Waals surface area (Å²) in [6.45, 7) is -0.462. The van der Waals surface area contributed by atoms with Gasteiger partial charge in [-0.1, -0.05) is 23.7 Å². The Bertz CT molecular complexity index is 1040. The van der Waals surface area contributed by atoms with E-state index >= 15 is 0 Å². The van der Waals surface area contributed by atoms with Crippen LogP contribution in [0.25, 0.3) is 11.2 Å². The summed E-state index contributed by atoms with van der Waals surface area (Å²) in [6.07, 6.45) is -1.86. The molecule has 1 saturated heterocycles. The Kier molecular flexibility index (Phi) is 5.30. The molecule has 1 aliphatic rings. The van der Waals surface area contributed by atoms with Crippen LogP contribution >= 0.6 is 11.6 Å². The van der Waals surface area contributed by atoms with Crippen LogP contribution in [0.15, 0.2) is 35.7 Å². The lowest BCUT2D eigenvalue weighted by atomic mass is 10.1. The standard InChI is InChI=1S/C17H18ClN7O4/c18-9-3-1-8(2-4-9)5-22-24-17-23-11-14(19)20-7-21-15(11)25(17)16-13(28)12(27)10(6-26)29-16/h1-5,7,10,12-13,16,26-28H,6H2,(H,23,24)(H2,19,20,21)/b22-5-/t10-,12-,13-,16-/m1/s1. The summed E-state index contributed by atoms with van der Waals surface area (Å²) in [5.41, 5.74) is 9.99. The number of hydrogen-bond donors (Lipinski definition) is 5. The normalized spacial score (nSPS) is 24.6. The molecule has 0 bridgehead atoms. The molecule has 3 aromatic rings. The molecule has 2 aromatic heterocycles. The highest BCUT2D eigenvalue weighted by molar-refractivity contribution is 6.30. The highest BCUT2D eigenvalue weighted by Gasteiger charge is 2.45. The molecule has 1 aromatic carbocycles. The van der Waals surface area contributed by atoms with Gasteiger partial charge >= 0.3 is 0 Å². The number of aromatic nitrogens is 4. The van der Waals surface area contributed by atoms with E-state index in [0.29, 0.717) is 5.02 Å². The average Bonchev–Trinajstić information content (AvgIpc) is 3.22. The van der Waals surface area contributed by atoms with Gasteiger partial charge in [-0.25, -0.2) is 20.4 Å². The van der Waals surface area contributed by atoms with Crippen molar-refractivity contribution in [2.24, 2.45) is 5.10 Å². The van der Waals surface area contributed by atoms with Gasteiger partial charge in [0.25, 0.3) is 0 Å². The number of hydrazone groups is 1. The number of nitrogens with one attached hydrogen (secondary N) is 1. The number of benzene rings is 1. The zero-order chi connectivity index (χ0) is 20.5. The molecule has 4 atom stereocenters. The fourth-order valence-electron chi connectivity index (χ4n) is 3.05. The lowest BCUT2D eigenvalue weighted by Crippen LogP contribution is -2.33. The first-order chi connectivity index (χ1) is 14.0. The van der Waals surface area contributed by atoms with Gasteiger partial charge in [0.1, 0.15) is 24.6 Å². The molecule has 4 rings (SSSR count). The molecule has 0 unspecified atom stereocenters. The summed E-state index contributed by atoms with van der Waals surface area (Å²) in [6, 6.07) is 7.03. The van der Waals surface area contributed by atoms with Gasteiger partial charge in [-0.15, -0.1) is 0 Å². The van der Waals surface area contributed by atoms with Crippen molar-refractivity contribution in [1.82, 2.24) is 19.5 Å². The van der Waals surface area contributed by atoms with Gasteiger partial charge in [0.2, 0.25) is 5.95 Å². The molecule has 0 aliphatic carbocycles. The number of aliphatic hydroxyl groups is 3. The van der Waals surface area contributed by atoms with E-state index in [1.165, 1.54) is 10.9 Å². The summed E-state index contributed by atoms with van der Waals surface area (Å²) in [4.78, 5) is 12.4. The highest BCUT2D eigenvalue weighted by Crippen LogP contribution is 2.35. The maximum Gasteiger partial charge on any atom is 0.228 e. The number of hydrogen-bond acceptors (Lipinski definition) is 10. The van der Waals surface area contributed by atoms with E-state index in [1.54, 1.807) is 30.5 Å². The van der Waals surface area contributed by atoms with Crippen LogP contribution < -0.4 is 11.2 Å². The number of imidazole rings is 1. The first kappa shape index (κ1) is 19.5. The third kappa shape index (κ3) is 3.61. The van der Waals surface area contributed by atoms with Gasteiger partial charge in [0.15, 0.2) is 23.2 Å². The molecule has 11 nitrogen and oxygen atoms in total. The van der Waals surface area contributed by atoms with Crippen LogP contribution in [0.3, 0.4) is 0 Å². The fraction of sp³-hybridized carbons (Fsp3) is 0.294. The third-order valence-electron chi connectivity index (χ3n) is 4.53. The molecule has 0 spiro atoms. The van der Waals surface area contributed by atoms with Crippen LogP contribution in [0.2, 0.25) is 5.02 Å². The number of ether oxygens (including phenoxy) is 1. The summed E-state index contributed by atoms with van der Waals surface area (Å²) >= 11 is 5.87. The predicted molar refractivity (Wildman–Crippen MR) is 105 cm³/mol. The molecule has 1 aliphatic heterocycles. The van der Waals surface area contributed by atoms with Crippen molar-refractivity contribution in [3.63, 3.8) is 0 Å². The maximum absolute atomic E-state index is 10.4. The van der Waals surface area contributed by atoms with Gasteiger partial charge in [-0.2, -0.15) is 5.10 Å². The molecular weight excluding hydrogens is 402 g/mol. The van der Waals surface area contributed by atoms with Gasteiger partial charge in [-0.3, -0.25) is 4.57 Å². The lowest BCUT2D eigenvalue weighted by molar-refractivity contribution is -0.0501. The largest absolute Gasteiger partial charge is 0.394 e. The van der Waals surface area contributed by atoms with E-state index in [4.69, 9.17) is 22.1 Å². The number of nitrogens with zero attached hydrogens (tertiary/aromatic N) is 5. The molecule has 0 saturated carbocycles. The van der Waals surface area contributed by atoms with E-state index < -0.39 is 31.1 Å². The molecular formula is C17H18ClN7O4. The van der Waals surface area contributed by atoms with E-state index in [2.05, 4.69) is 25.5 Å². The third-order valence-corrected chi connectivity index (χ3v) is 4.78. The summed E-state index contributed by atoms with van der Waals surface area (Å²) in [5.74, 6) is 0.289. The van der Waals surface area contributed by atoms with Gasteiger partial charge in [-0.05, 0) is 17.7 Å². The molecule has 0 amide bonds. The van der Waals surface area contributed by atoms with E-state index in [9.17, 15) is 15.3 Å². The summed E-state index contributed by atoms with van der Waals surface area (Å²) < 4.78 is 7.02. The van der Waals surface area contributed by atoms with Gasteiger partial charge < -0.3 is 25.8 Å². The van der Waals surface area contributed by atoms with Crippen LogP contribution in [0.4, 0.5) is 11.8 Å². The minimum Gasteiger partial charge on any atom is -0.394 e. The van der Waals surface area contributed by atoms with Crippen LogP contribution in [0, 0.1) is 0 Å². The second-order valence-electron chi connectivity index (χ2n) is 6.39. The zero-order valence-electron chi connectivity index (χ0n) is 14.9. The number of rotatable bonds is 5. The molecule has 29 heavy (non-hydrogen) atoms. The molecule has 0 radical (unpaired) electrons. The Labute approximate surface area is 169 Å². The highest BCUT2D eigenvalue weighted by atomic mass is 35.5. The SMILES string of the molecule is Nc1ncnc2c1nc(N/N=C\c1ccc(Cl)cc1)n2[C@@H]1O[C@H](CO)[C@@H](O)[C@H]1O. The summed E-state index contributed by atoms with van der Waals surface area (Å²) in [5, 5.41) is 34.6. The fourth-order valence-corrected chi connectivity index (χ4v) is 3.18. The summed E-state index contributed by atoms with van der Waals surface area (Å²) in [7, 11) is 0. The second-order valence-corrected chi connectivity index (χ2v) is 6.82. The van der Waals surface area contributed by atoms with Gasteiger partial charge in [0.05, 0.1) is 12.8 Å². The molecule has 3 heterocycles. The van der Waals surface area contributed by atoms with Crippen molar-refractivity contribution >= 4 is 40.7 Å². The average molecular weight is 420 g/mol. The predicted octanol–water partition coefficient (Wildman–Crippen LogP) is 0.119. The lowest BCUT2D eigenvalue weighted by Gasteiger charge is -2.18. The molecule has 152 valence electrons. The Morgan fingerprint density at radius 3 is 2.69 bits per heavy atom. The maximum atomic E-state index is 10.4. The van der Waals surface area contributed by atoms with E-state index in [-0.39, 0.29) is 22.9 Å². The monoisotopic (exact) mass is 419 g/mol. The van der Waals surface area contributed by atoms with Crippen molar-refractivity contribution in [3.8, 4) is 0 Å². The van der Waals surface area contributed by atoms with Gasteiger partial charge in [0, 0.05) is 5.02 Å². The van der Waals surface area contributed by atoms with Crippen molar-refractivity contribution in [1.29, 1.82) is 0 Å². The smallest absolute Gasteiger partial charge is 0.228 e. The Balaban J connectivity index is 1.71. The topological polar surface area (TPSA) is 164 Å². The molecule has 6 N–H and O–H groups in total. The number of fused-ring (bicyclic) bond motifs is 1. The van der Waals surface area contributed by atoms with Crippen molar-refractivity contribution in [2.75, 3.05) is 17.8 Å². The number of nitrogen functional groups attached to an aromatic ring is 1. The molecule has 12 heteroatoms. The number of aliphatic hydroxyl groups excluding tert-OH is 3. The minimum absolute atomic E-state index is 0.130. The quantitative estimate of drug-likeness (QED) is 0.285. The van der Waals surface area contributed by atoms with E-state index in [1.807, 2.05) is 0 Å². The van der Waals surface area contributed by atoms with Crippen LogP contribution in [-0.4, -0.2) is 66.0 Å². The van der Waals surface area contributed by atoms with Crippen molar-refractivity contribution in [3.05, 3.63) is 41.2 Å². The number of halogens is 1. The number of nitrogens with two attached hydrogens (primary N) is 1. The first-order valence-electron chi connectivity index (χ1n) is 8.65. The Morgan fingerprint density at radius 1 is 1.24 bits per heavy atom. The van der Waals surface area contributed by atoms with Crippen molar-refractivity contribution in [2.45, 2.75) is 24.5 Å². The number of anilines is 2. The minimum atomic E-state index is -1.33. The molecule has 1 fully saturated rings. The van der Waals surface area contributed by atoms with Crippen molar-refractivity contribution < 1.29 is 20.1 Å². The second kappa shape index (κ2) is 7.89. The Hall–Kier alpha value is -2.83. The van der Waals surface area contributed by atoms with Crippen LogP contribution in [-0.2, 0) is 4.74 Å². The first-order valence-corrected chi connectivity index (χ1v) is 9.03. The Morgan fingerprint density at radius 2 is 2.00 bits per heavy atom. The van der Waals surface area contributed by atoms with Crippen LogP contribution in [0.1, 0.15) is 11.8 Å².